The molecule has 0 fully saturated rings. The van der Waals surface area contributed by atoms with Crippen LogP contribution >= 0.6 is 0 Å². The van der Waals surface area contributed by atoms with E-state index in [1.807, 2.05) is 20.8 Å². The number of nitrogens with one attached hydrogen (secondary N) is 1. The standard InChI is InChI=1S/C11H21NO4/c1-7(16-5)10(15)12-8(6-9(13)14)11(2,3)4/h7-8H,6H2,1-5H3,(H,12,15)(H,13,14). The second kappa shape index (κ2) is 5.84. The third kappa shape index (κ3) is 5.11. The van der Waals surface area contributed by atoms with E-state index in [2.05, 4.69) is 5.32 Å². The third-order valence-corrected chi connectivity index (χ3v) is 2.46. The minimum absolute atomic E-state index is 0.0916. The van der Waals surface area contributed by atoms with Gasteiger partial charge in [-0.05, 0) is 12.3 Å². The van der Waals surface area contributed by atoms with Gasteiger partial charge in [-0.3, -0.25) is 9.59 Å². The van der Waals surface area contributed by atoms with Crippen LogP contribution in [0.4, 0.5) is 0 Å². The lowest BCUT2D eigenvalue weighted by molar-refractivity contribution is -0.139. The number of methoxy groups -OCH3 is 1. The van der Waals surface area contributed by atoms with Crippen LogP contribution in [0.25, 0.3) is 0 Å². The van der Waals surface area contributed by atoms with E-state index in [9.17, 15) is 9.59 Å². The maximum absolute atomic E-state index is 11.6. The fourth-order valence-electron chi connectivity index (χ4n) is 1.14. The average molecular weight is 231 g/mol. The van der Waals surface area contributed by atoms with Crippen molar-refractivity contribution in [1.29, 1.82) is 0 Å². The first-order chi connectivity index (χ1) is 7.18. The van der Waals surface area contributed by atoms with E-state index >= 15 is 0 Å². The Hall–Kier alpha value is -1.10. The fraction of sp³-hybridized carbons (Fsp3) is 0.818. The third-order valence-electron chi connectivity index (χ3n) is 2.46. The van der Waals surface area contributed by atoms with Crippen LogP contribution in [0.5, 0.6) is 0 Å². The molecule has 0 aliphatic rings. The molecule has 1 amide bonds. The lowest BCUT2D eigenvalue weighted by Gasteiger charge is -2.31. The molecule has 0 aliphatic carbocycles. The molecule has 2 N–H and O–H groups in total. The van der Waals surface area contributed by atoms with E-state index in [0.717, 1.165) is 0 Å². The van der Waals surface area contributed by atoms with Gasteiger partial charge in [-0.25, -0.2) is 0 Å². The summed E-state index contributed by atoms with van der Waals surface area (Å²) in [5, 5.41) is 11.5. The van der Waals surface area contributed by atoms with Crippen molar-refractivity contribution in [1.82, 2.24) is 5.32 Å². The highest BCUT2D eigenvalue weighted by atomic mass is 16.5. The largest absolute Gasteiger partial charge is 0.481 e. The van der Waals surface area contributed by atoms with Crippen molar-refractivity contribution >= 4 is 11.9 Å². The summed E-state index contributed by atoms with van der Waals surface area (Å²) in [6.45, 7) is 7.28. The molecule has 0 saturated carbocycles. The smallest absolute Gasteiger partial charge is 0.305 e. The number of carbonyl (C=O) groups excluding carboxylic acids is 1. The zero-order chi connectivity index (χ0) is 12.9. The second-order valence-electron chi connectivity index (χ2n) is 4.90. The molecule has 0 aromatic carbocycles. The molecule has 0 heterocycles. The number of carboxylic acids is 1. The Bertz CT molecular complexity index is 257. The van der Waals surface area contributed by atoms with E-state index in [4.69, 9.17) is 9.84 Å². The van der Waals surface area contributed by atoms with Crippen molar-refractivity contribution in [3.8, 4) is 0 Å². The normalized spacial score (nSPS) is 15.3. The molecule has 0 rings (SSSR count). The second-order valence-corrected chi connectivity index (χ2v) is 4.90. The molecule has 0 aromatic heterocycles. The van der Waals surface area contributed by atoms with E-state index in [1.54, 1.807) is 6.92 Å². The number of aliphatic carboxylic acids is 1. The number of hydrogen-bond acceptors (Lipinski definition) is 3. The molecule has 0 radical (unpaired) electrons. The Morgan fingerprint density at radius 1 is 1.38 bits per heavy atom. The van der Waals surface area contributed by atoms with E-state index in [-0.39, 0.29) is 17.7 Å². The molecule has 5 heteroatoms. The zero-order valence-electron chi connectivity index (χ0n) is 10.5. The van der Waals surface area contributed by atoms with Gasteiger partial charge >= 0.3 is 5.97 Å². The highest BCUT2D eigenvalue weighted by Gasteiger charge is 2.29. The summed E-state index contributed by atoms with van der Waals surface area (Å²) in [6.07, 6.45) is -0.662. The predicted octanol–water partition coefficient (Wildman–Crippen LogP) is 1.03. The highest BCUT2D eigenvalue weighted by Crippen LogP contribution is 2.22. The quantitative estimate of drug-likeness (QED) is 0.741. The van der Waals surface area contributed by atoms with E-state index < -0.39 is 18.1 Å². The molecule has 0 spiro atoms. The first-order valence-corrected chi connectivity index (χ1v) is 5.23. The lowest BCUT2D eigenvalue weighted by atomic mass is 9.84. The molecular weight excluding hydrogens is 210 g/mol. The highest BCUT2D eigenvalue weighted by molar-refractivity contribution is 5.81. The van der Waals surface area contributed by atoms with Crippen LogP contribution in [0.3, 0.4) is 0 Å². The average Bonchev–Trinajstić information content (AvgIpc) is 2.13. The summed E-state index contributed by atoms with van der Waals surface area (Å²) < 4.78 is 4.87. The fourth-order valence-corrected chi connectivity index (χ4v) is 1.14. The maximum Gasteiger partial charge on any atom is 0.305 e. The summed E-state index contributed by atoms with van der Waals surface area (Å²) in [5.41, 5.74) is -0.304. The summed E-state index contributed by atoms with van der Waals surface area (Å²) in [7, 11) is 1.44. The first-order valence-electron chi connectivity index (χ1n) is 5.23. The van der Waals surface area contributed by atoms with Crippen LogP contribution in [0.2, 0.25) is 0 Å². The molecule has 0 saturated heterocycles. The SMILES string of the molecule is COC(C)C(=O)NC(CC(=O)O)C(C)(C)C. The van der Waals surface area contributed by atoms with Crippen LogP contribution in [0.15, 0.2) is 0 Å². The molecule has 16 heavy (non-hydrogen) atoms. The van der Waals surface area contributed by atoms with Crippen molar-refractivity contribution in [2.75, 3.05) is 7.11 Å². The Balaban J connectivity index is 4.56. The Labute approximate surface area is 96.2 Å². The van der Waals surface area contributed by atoms with Gasteiger partial charge in [0.05, 0.1) is 6.42 Å². The number of ether oxygens (including phenoxy) is 1. The van der Waals surface area contributed by atoms with Crippen molar-refractivity contribution in [2.45, 2.75) is 46.3 Å². The minimum atomic E-state index is -0.926. The van der Waals surface area contributed by atoms with Gasteiger partial charge in [0.1, 0.15) is 6.10 Å². The van der Waals surface area contributed by atoms with Gasteiger partial charge in [-0.15, -0.1) is 0 Å². The van der Waals surface area contributed by atoms with Crippen LogP contribution in [-0.2, 0) is 14.3 Å². The molecule has 5 nitrogen and oxygen atoms in total. The topological polar surface area (TPSA) is 75.6 Å². The molecule has 0 bridgehead atoms. The monoisotopic (exact) mass is 231 g/mol. The number of hydrogen-bond donors (Lipinski definition) is 2. The molecule has 94 valence electrons. The summed E-state index contributed by atoms with van der Waals surface area (Å²) >= 11 is 0. The lowest BCUT2D eigenvalue weighted by Crippen LogP contribution is -2.48. The van der Waals surface area contributed by atoms with Crippen molar-refractivity contribution < 1.29 is 19.4 Å². The van der Waals surface area contributed by atoms with Gasteiger partial charge in [0, 0.05) is 13.2 Å². The molecular formula is C11H21NO4. The molecule has 0 aromatic rings. The summed E-state index contributed by atoms with van der Waals surface area (Å²) in [4.78, 5) is 22.3. The Morgan fingerprint density at radius 2 is 1.88 bits per heavy atom. The zero-order valence-corrected chi connectivity index (χ0v) is 10.5. The van der Waals surface area contributed by atoms with Crippen LogP contribution < -0.4 is 5.32 Å². The van der Waals surface area contributed by atoms with Crippen molar-refractivity contribution in [3.63, 3.8) is 0 Å². The summed E-state index contributed by atoms with van der Waals surface area (Å²) in [5.74, 6) is -1.21. The van der Waals surface area contributed by atoms with Crippen LogP contribution in [0, 0.1) is 5.41 Å². The van der Waals surface area contributed by atoms with Gasteiger partial charge in [-0.1, -0.05) is 20.8 Å². The maximum atomic E-state index is 11.6. The van der Waals surface area contributed by atoms with Gasteiger partial charge in [-0.2, -0.15) is 0 Å². The Kier molecular flexibility index (Phi) is 5.44. The van der Waals surface area contributed by atoms with E-state index in [1.165, 1.54) is 7.11 Å². The number of carboxylic acid groups (broad SMARTS) is 1. The molecule has 2 unspecified atom stereocenters. The summed E-state index contributed by atoms with van der Waals surface area (Å²) in [6, 6.07) is -0.407. The van der Waals surface area contributed by atoms with Crippen molar-refractivity contribution in [2.24, 2.45) is 5.41 Å². The minimum Gasteiger partial charge on any atom is -0.481 e. The Morgan fingerprint density at radius 3 is 2.19 bits per heavy atom. The van der Waals surface area contributed by atoms with Gasteiger partial charge in [0.15, 0.2) is 0 Å². The molecule has 0 aliphatic heterocycles. The van der Waals surface area contributed by atoms with Gasteiger partial charge < -0.3 is 15.2 Å². The number of amides is 1. The van der Waals surface area contributed by atoms with Gasteiger partial charge in [0.2, 0.25) is 5.91 Å². The van der Waals surface area contributed by atoms with E-state index in [0.29, 0.717) is 0 Å². The number of rotatable bonds is 5. The predicted molar refractivity (Wildman–Crippen MR) is 60.1 cm³/mol. The molecule has 2 atom stereocenters. The first kappa shape index (κ1) is 14.9. The van der Waals surface area contributed by atoms with Gasteiger partial charge in [0.25, 0.3) is 0 Å². The van der Waals surface area contributed by atoms with Crippen LogP contribution in [0.1, 0.15) is 34.1 Å². The number of carbonyl (C=O) groups is 2. The van der Waals surface area contributed by atoms with Crippen LogP contribution in [-0.4, -0.2) is 36.2 Å². The van der Waals surface area contributed by atoms with Crippen molar-refractivity contribution in [3.05, 3.63) is 0 Å².